The van der Waals surface area contributed by atoms with Crippen LogP contribution in [0.4, 0.5) is 0 Å². The number of carboxylic acids is 1. The molecule has 0 amide bonds. The van der Waals surface area contributed by atoms with Crippen LogP contribution in [-0.4, -0.2) is 20.6 Å². The Hall–Kier alpha value is -2.47. The maximum Gasteiger partial charge on any atom is 0.326 e. The fourth-order valence-electron chi connectivity index (χ4n) is 3.06. The number of fused-ring (bicyclic) bond motifs is 1. The van der Waals surface area contributed by atoms with Crippen LogP contribution in [0, 0.1) is 13.8 Å². The summed E-state index contributed by atoms with van der Waals surface area (Å²) < 4.78 is 1.31. The Balaban J connectivity index is 2.39. The van der Waals surface area contributed by atoms with E-state index in [-0.39, 0.29) is 5.56 Å². The summed E-state index contributed by atoms with van der Waals surface area (Å²) >= 11 is 1.47. The molecule has 0 aliphatic rings. The Morgan fingerprint density at radius 3 is 2.54 bits per heavy atom. The molecular formula is C18H18N2O3S. The van der Waals surface area contributed by atoms with E-state index in [4.69, 9.17) is 0 Å². The zero-order valence-corrected chi connectivity index (χ0v) is 14.6. The van der Waals surface area contributed by atoms with Gasteiger partial charge in [-0.05, 0) is 25.8 Å². The number of aliphatic carboxylic acids is 1. The van der Waals surface area contributed by atoms with Crippen LogP contribution in [0.15, 0.2) is 35.1 Å². The van der Waals surface area contributed by atoms with Crippen molar-refractivity contribution >= 4 is 27.5 Å². The Morgan fingerprint density at radius 2 is 1.96 bits per heavy atom. The molecular weight excluding hydrogens is 324 g/mol. The van der Waals surface area contributed by atoms with Crippen molar-refractivity contribution in [2.24, 2.45) is 0 Å². The molecule has 0 bridgehead atoms. The van der Waals surface area contributed by atoms with Gasteiger partial charge < -0.3 is 5.11 Å². The van der Waals surface area contributed by atoms with Crippen molar-refractivity contribution < 1.29 is 9.90 Å². The molecule has 1 unspecified atom stereocenters. The molecule has 0 aliphatic carbocycles. The van der Waals surface area contributed by atoms with Crippen molar-refractivity contribution in [2.75, 3.05) is 0 Å². The highest BCUT2D eigenvalue weighted by Crippen LogP contribution is 2.35. The van der Waals surface area contributed by atoms with Gasteiger partial charge in [0, 0.05) is 10.4 Å². The monoisotopic (exact) mass is 342 g/mol. The van der Waals surface area contributed by atoms with Gasteiger partial charge in [-0.1, -0.05) is 37.3 Å². The van der Waals surface area contributed by atoms with Crippen LogP contribution in [0.3, 0.4) is 0 Å². The van der Waals surface area contributed by atoms with E-state index in [9.17, 15) is 14.7 Å². The normalized spacial score (nSPS) is 12.5. The fraction of sp³-hybridized carbons (Fsp3) is 0.278. The van der Waals surface area contributed by atoms with Crippen LogP contribution in [0.25, 0.3) is 21.3 Å². The van der Waals surface area contributed by atoms with E-state index in [0.29, 0.717) is 22.5 Å². The van der Waals surface area contributed by atoms with E-state index >= 15 is 0 Å². The molecule has 0 saturated carbocycles. The summed E-state index contributed by atoms with van der Waals surface area (Å²) in [4.78, 5) is 30.8. The highest BCUT2D eigenvalue weighted by atomic mass is 32.1. The average molecular weight is 342 g/mol. The summed E-state index contributed by atoms with van der Waals surface area (Å²) in [6.07, 6.45) is 0.326. The molecule has 1 N–H and O–H groups in total. The standard InChI is InChI=1S/C18H18N2O3S/c1-4-13(18(22)23)20-11(3)19-16-15(17(20)21)14(10(2)24-16)12-8-6-5-7-9-12/h5-9,13H,4H2,1-3H3,(H,22,23). The zero-order valence-electron chi connectivity index (χ0n) is 13.7. The number of aromatic nitrogens is 2. The third-order valence-corrected chi connectivity index (χ3v) is 5.16. The van der Waals surface area contributed by atoms with Gasteiger partial charge in [0.1, 0.15) is 16.7 Å². The minimum absolute atomic E-state index is 0.282. The second-order valence-electron chi connectivity index (χ2n) is 5.68. The number of thiophene rings is 1. The van der Waals surface area contributed by atoms with Gasteiger partial charge >= 0.3 is 5.97 Å². The van der Waals surface area contributed by atoms with Crippen molar-refractivity contribution in [3.63, 3.8) is 0 Å². The maximum absolute atomic E-state index is 13.1. The summed E-state index contributed by atoms with van der Waals surface area (Å²) in [6.45, 7) is 5.40. The number of nitrogens with zero attached hydrogens (tertiary/aromatic N) is 2. The van der Waals surface area contributed by atoms with E-state index in [2.05, 4.69) is 4.98 Å². The lowest BCUT2D eigenvalue weighted by molar-refractivity contribution is -0.141. The van der Waals surface area contributed by atoms with Gasteiger partial charge in [-0.2, -0.15) is 0 Å². The average Bonchev–Trinajstić information content (AvgIpc) is 2.87. The smallest absolute Gasteiger partial charge is 0.326 e. The first kappa shape index (κ1) is 16.4. The van der Waals surface area contributed by atoms with Gasteiger partial charge in [0.15, 0.2) is 0 Å². The van der Waals surface area contributed by atoms with Crippen LogP contribution < -0.4 is 5.56 Å². The fourth-order valence-corrected chi connectivity index (χ4v) is 4.14. The Bertz CT molecular complexity index is 973. The van der Waals surface area contributed by atoms with E-state index in [1.165, 1.54) is 15.9 Å². The summed E-state index contributed by atoms with van der Waals surface area (Å²) in [5.74, 6) is -0.584. The van der Waals surface area contributed by atoms with Crippen molar-refractivity contribution in [3.05, 3.63) is 51.4 Å². The summed E-state index contributed by atoms with van der Waals surface area (Å²) in [5.41, 5.74) is 1.51. The number of benzene rings is 1. The number of aryl methyl sites for hydroxylation is 2. The van der Waals surface area contributed by atoms with Crippen LogP contribution in [0.1, 0.15) is 30.1 Å². The van der Waals surface area contributed by atoms with Crippen molar-refractivity contribution in [3.8, 4) is 11.1 Å². The highest BCUT2D eigenvalue weighted by Gasteiger charge is 2.25. The molecule has 3 rings (SSSR count). The molecule has 2 aromatic heterocycles. The molecule has 1 atom stereocenters. The molecule has 3 aromatic rings. The van der Waals surface area contributed by atoms with Crippen molar-refractivity contribution in [1.29, 1.82) is 0 Å². The first-order chi connectivity index (χ1) is 11.5. The molecule has 0 spiro atoms. The quantitative estimate of drug-likeness (QED) is 0.783. The molecule has 124 valence electrons. The predicted octanol–water partition coefficient (Wildman–Crippen LogP) is 3.78. The zero-order chi connectivity index (χ0) is 17.4. The van der Waals surface area contributed by atoms with E-state index in [1.807, 2.05) is 37.3 Å². The number of carboxylic acid groups (broad SMARTS) is 1. The number of hydrogen-bond acceptors (Lipinski definition) is 4. The SMILES string of the molecule is CCC(C(=O)O)n1c(C)nc2sc(C)c(-c3ccccc3)c2c1=O. The highest BCUT2D eigenvalue weighted by molar-refractivity contribution is 7.19. The van der Waals surface area contributed by atoms with Gasteiger partial charge in [0.2, 0.25) is 0 Å². The first-order valence-electron chi connectivity index (χ1n) is 7.76. The van der Waals surface area contributed by atoms with Gasteiger partial charge in [-0.3, -0.25) is 9.36 Å². The number of hydrogen-bond donors (Lipinski definition) is 1. The molecule has 0 saturated heterocycles. The van der Waals surface area contributed by atoms with Crippen LogP contribution in [0.2, 0.25) is 0 Å². The largest absolute Gasteiger partial charge is 0.480 e. The summed E-state index contributed by atoms with van der Waals surface area (Å²) in [5, 5.41) is 9.96. The van der Waals surface area contributed by atoms with Gasteiger partial charge in [0.25, 0.3) is 5.56 Å². The molecule has 5 nitrogen and oxygen atoms in total. The molecule has 0 radical (unpaired) electrons. The Morgan fingerprint density at radius 1 is 1.29 bits per heavy atom. The van der Waals surface area contributed by atoms with E-state index in [0.717, 1.165) is 16.0 Å². The molecule has 0 aliphatic heterocycles. The van der Waals surface area contributed by atoms with E-state index < -0.39 is 12.0 Å². The lowest BCUT2D eigenvalue weighted by atomic mass is 10.0. The van der Waals surface area contributed by atoms with E-state index in [1.54, 1.807) is 13.8 Å². The predicted molar refractivity (Wildman–Crippen MR) is 95.8 cm³/mol. The van der Waals surface area contributed by atoms with Crippen LogP contribution in [0.5, 0.6) is 0 Å². The van der Waals surface area contributed by atoms with Gasteiger partial charge in [0.05, 0.1) is 5.39 Å². The molecule has 6 heteroatoms. The third-order valence-electron chi connectivity index (χ3n) is 4.16. The van der Waals surface area contributed by atoms with Gasteiger partial charge in [-0.15, -0.1) is 11.3 Å². The third kappa shape index (κ3) is 2.53. The minimum Gasteiger partial charge on any atom is -0.480 e. The van der Waals surface area contributed by atoms with Crippen LogP contribution in [-0.2, 0) is 4.79 Å². The molecule has 2 heterocycles. The summed E-state index contributed by atoms with van der Waals surface area (Å²) in [7, 11) is 0. The van der Waals surface area contributed by atoms with Crippen molar-refractivity contribution in [1.82, 2.24) is 9.55 Å². The second-order valence-corrected chi connectivity index (χ2v) is 6.88. The molecule has 24 heavy (non-hydrogen) atoms. The molecule has 0 fully saturated rings. The Kier molecular flexibility index (Phi) is 4.24. The molecule has 1 aromatic carbocycles. The first-order valence-corrected chi connectivity index (χ1v) is 8.57. The van der Waals surface area contributed by atoms with Crippen LogP contribution >= 0.6 is 11.3 Å². The Labute approximate surface area is 143 Å². The lowest BCUT2D eigenvalue weighted by Gasteiger charge is -2.16. The summed E-state index contributed by atoms with van der Waals surface area (Å²) in [6, 6.07) is 8.76. The topological polar surface area (TPSA) is 72.2 Å². The lowest BCUT2D eigenvalue weighted by Crippen LogP contribution is -2.32. The number of carbonyl (C=O) groups is 1. The van der Waals surface area contributed by atoms with Gasteiger partial charge in [-0.25, -0.2) is 9.78 Å². The minimum atomic E-state index is -1.02. The second kappa shape index (κ2) is 6.20. The maximum atomic E-state index is 13.1. The van der Waals surface area contributed by atoms with Crippen molar-refractivity contribution in [2.45, 2.75) is 33.2 Å². The number of rotatable bonds is 4.